The zero-order valence-electron chi connectivity index (χ0n) is 16.7. The van der Waals surface area contributed by atoms with Crippen LogP contribution in [-0.2, 0) is 5.41 Å². The van der Waals surface area contributed by atoms with E-state index in [1.54, 1.807) is 0 Å². The van der Waals surface area contributed by atoms with Crippen LogP contribution in [0.15, 0.2) is 91.0 Å². The second kappa shape index (κ2) is 6.21. The summed E-state index contributed by atoms with van der Waals surface area (Å²) in [4.78, 5) is 0. The van der Waals surface area contributed by atoms with Crippen LogP contribution in [0, 0.1) is 6.92 Å². The summed E-state index contributed by atoms with van der Waals surface area (Å²) in [6.07, 6.45) is 0. The Kier molecular flexibility index (Phi) is 3.77. The first kappa shape index (κ1) is 17.0. The highest BCUT2D eigenvalue weighted by atomic mass is 14.4. The summed E-state index contributed by atoms with van der Waals surface area (Å²) in [6.45, 7) is 6.91. The van der Waals surface area contributed by atoms with Gasteiger partial charge in [0.2, 0.25) is 0 Å². The Bertz CT molecular complexity index is 1180. The Balaban J connectivity index is 1.74. The fourth-order valence-electron chi connectivity index (χ4n) is 4.81. The quantitative estimate of drug-likeness (QED) is 0.344. The van der Waals surface area contributed by atoms with Gasteiger partial charge in [-0.15, -0.1) is 0 Å². The molecule has 0 bridgehead atoms. The molecule has 0 N–H and O–H groups in total. The molecule has 0 amide bonds. The SMILES string of the molecule is Cc1ccc(-c2cccc3c2C(C)(C)c2ccccc2-3)cc1-c1ccccc1. The van der Waals surface area contributed by atoms with Crippen molar-refractivity contribution in [2.45, 2.75) is 26.2 Å². The predicted molar refractivity (Wildman–Crippen MR) is 120 cm³/mol. The first-order valence-corrected chi connectivity index (χ1v) is 9.97. The van der Waals surface area contributed by atoms with Gasteiger partial charge in [-0.25, -0.2) is 0 Å². The van der Waals surface area contributed by atoms with Gasteiger partial charge in [0, 0.05) is 5.41 Å². The molecular weight excluding hydrogens is 336 g/mol. The van der Waals surface area contributed by atoms with Gasteiger partial charge in [0.15, 0.2) is 0 Å². The van der Waals surface area contributed by atoms with E-state index in [0.717, 1.165) is 0 Å². The smallest absolute Gasteiger partial charge is 0.0165 e. The lowest BCUT2D eigenvalue weighted by Crippen LogP contribution is -2.16. The lowest BCUT2D eigenvalue weighted by atomic mass is 9.78. The van der Waals surface area contributed by atoms with Crippen molar-refractivity contribution < 1.29 is 0 Å². The molecule has 0 radical (unpaired) electrons. The summed E-state index contributed by atoms with van der Waals surface area (Å²) in [5, 5.41) is 0. The van der Waals surface area contributed by atoms with Gasteiger partial charge >= 0.3 is 0 Å². The fraction of sp³-hybridized carbons (Fsp3) is 0.143. The molecule has 136 valence electrons. The van der Waals surface area contributed by atoms with E-state index in [1.165, 1.54) is 50.1 Å². The summed E-state index contributed by atoms with van der Waals surface area (Å²) in [5.74, 6) is 0. The molecule has 4 aromatic carbocycles. The van der Waals surface area contributed by atoms with Crippen LogP contribution in [0.4, 0.5) is 0 Å². The number of hydrogen-bond acceptors (Lipinski definition) is 0. The van der Waals surface area contributed by atoms with Gasteiger partial charge < -0.3 is 0 Å². The Morgan fingerprint density at radius 2 is 1.21 bits per heavy atom. The predicted octanol–water partition coefficient (Wildman–Crippen LogP) is 7.64. The molecule has 0 saturated carbocycles. The largest absolute Gasteiger partial charge is 0.0622 e. The molecule has 0 heterocycles. The minimum Gasteiger partial charge on any atom is -0.0622 e. The van der Waals surface area contributed by atoms with Crippen molar-refractivity contribution in [3.63, 3.8) is 0 Å². The zero-order chi connectivity index (χ0) is 19.3. The van der Waals surface area contributed by atoms with Crippen molar-refractivity contribution in [1.82, 2.24) is 0 Å². The van der Waals surface area contributed by atoms with E-state index in [-0.39, 0.29) is 5.41 Å². The van der Waals surface area contributed by atoms with Gasteiger partial charge in [-0.3, -0.25) is 0 Å². The molecule has 1 aliphatic carbocycles. The van der Waals surface area contributed by atoms with Crippen LogP contribution < -0.4 is 0 Å². The van der Waals surface area contributed by atoms with E-state index < -0.39 is 0 Å². The normalized spacial score (nSPS) is 13.8. The number of rotatable bonds is 2. The third-order valence-electron chi connectivity index (χ3n) is 6.21. The average Bonchev–Trinajstić information content (AvgIpc) is 2.97. The summed E-state index contributed by atoms with van der Waals surface area (Å²) >= 11 is 0. The van der Waals surface area contributed by atoms with Gasteiger partial charge in [0.25, 0.3) is 0 Å². The lowest BCUT2D eigenvalue weighted by molar-refractivity contribution is 0.662. The maximum Gasteiger partial charge on any atom is 0.0165 e. The molecule has 5 rings (SSSR count). The Labute approximate surface area is 167 Å². The van der Waals surface area contributed by atoms with Crippen LogP contribution in [0.2, 0.25) is 0 Å². The molecule has 4 aromatic rings. The fourth-order valence-corrected chi connectivity index (χ4v) is 4.81. The molecule has 1 aliphatic rings. The monoisotopic (exact) mass is 360 g/mol. The third kappa shape index (κ3) is 2.45. The van der Waals surface area contributed by atoms with Crippen LogP contribution >= 0.6 is 0 Å². The first-order valence-electron chi connectivity index (χ1n) is 9.97. The van der Waals surface area contributed by atoms with Gasteiger partial charge in [0.05, 0.1) is 0 Å². The Morgan fingerprint density at radius 3 is 2.04 bits per heavy atom. The zero-order valence-corrected chi connectivity index (χ0v) is 16.7. The van der Waals surface area contributed by atoms with Crippen LogP contribution in [-0.4, -0.2) is 0 Å². The minimum atomic E-state index is 0.000314. The molecule has 0 fully saturated rings. The van der Waals surface area contributed by atoms with E-state index in [4.69, 9.17) is 0 Å². The van der Waals surface area contributed by atoms with Crippen LogP contribution in [0.5, 0.6) is 0 Å². The van der Waals surface area contributed by atoms with Crippen LogP contribution in [0.3, 0.4) is 0 Å². The van der Waals surface area contributed by atoms with Crippen molar-refractivity contribution >= 4 is 0 Å². The minimum absolute atomic E-state index is 0.000314. The maximum absolute atomic E-state index is 2.36. The molecule has 0 unspecified atom stereocenters. The number of benzene rings is 4. The van der Waals surface area contributed by atoms with Crippen molar-refractivity contribution in [3.8, 4) is 33.4 Å². The first-order chi connectivity index (χ1) is 13.6. The van der Waals surface area contributed by atoms with Gasteiger partial charge in [-0.2, -0.15) is 0 Å². The van der Waals surface area contributed by atoms with E-state index in [0.29, 0.717) is 0 Å². The molecule has 0 aromatic heterocycles. The van der Waals surface area contributed by atoms with E-state index in [2.05, 4.69) is 112 Å². The lowest BCUT2D eigenvalue weighted by Gasteiger charge is -2.25. The van der Waals surface area contributed by atoms with E-state index in [9.17, 15) is 0 Å². The molecule has 0 spiro atoms. The number of fused-ring (bicyclic) bond motifs is 3. The standard InChI is InChI=1S/C28H24/c1-19-16-17-21(18-25(19)20-10-5-4-6-11-20)22-13-9-14-24-23-12-7-8-15-26(23)28(2,3)27(22)24/h4-18H,1-3H3. The van der Waals surface area contributed by atoms with Crippen LogP contribution in [0.1, 0.15) is 30.5 Å². The molecule has 0 heteroatoms. The highest BCUT2D eigenvalue weighted by molar-refractivity contribution is 5.89. The van der Waals surface area contributed by atoms with Gasteiger partial charge in [0.1, 0.15) is 0 Å². The number of hydrogen-bond donors (Lipinski definition) is 0. The highest BCUT2D eigenvalue weighted by Gasteiger charge is 2.37. The highest BCUT2D eigenvalue weighted by Crippen LogP contribution is 2.52. The van der Waals surface area contributed by atoms with Crippen molar-refractivity contribution in [2.75, 3.05) is 0 Å². The third-order valence-corrected chi connectivity index (χ3v) is 6.21. The summed E-state index contributed by atoms with van der Waals surface area (Å²) < 4.78 is 0. The average molecular weight is 361 g/mol. The second-order valence-electron chi connectivity index (χ2n) is 8.29. The van der Waals surface area contributed by atoms with E-state index >= 15 is 0 Å². The summed E-state index contributed by atoms with van der Waals surface area (Å²) in [6, 6.07) is 33.2. The molecular formula is C28H24. The second-order valence-corrected chi connectivity index (χ2v) is 8.29. The number of aryl methyl sites for hydroxylation is 1. The summed E-state index contributed by atoms with van der Waals surface area (Å²) in [7, 11) is 0. The van der Waals surface area contributed by atoms with Crippen molar-refractivity contribution in [3.05, 3.63) is 108 Å². The van der Waals surface area contributed by atoms with Crippen molar-refractivity contribution in [2.24, 2.45) is 0 Å². The molecule has 0 atom stereocenters. The Morgan fingerprint density at radius 1 is 0.536 bits per heavy atom. The summed E-state index contributed by atoms with van der Waals surface area (Å²) in [5.41, 5.74) is 12.1. The molecule has 28 heavy (non-hydrogen) atoms. The van der Waals surface area contributed by atoms with Crippen molar-refractivity contribution in [1.29, 1.82) is 0 Å². The van der Waals surface area contributed by atoms with Crippen LogP contribution in [0.25, 0.3) is 33.4 Å². The van der Waals surface area contributed by atoms with Gasteiger partial charge in [-0.05, 0) is 63.1 Å². The molecule has 0 saturated heterocycles. The Hall–Kier alpha value is -3.12. The maximum atomic E-state index is 2.36. The molecule has 0 nitrogen and oxygen atoms in total. The van der Waals surface area contributed by atoms with Gasteiger partial charge in [-0.1, -0.05) is 98.8 Å². The topological polar surface area (TPSA) is 0 Å². The molecule has 0 aliphatic heterocycles. The van der Waals surface area contributed by atoms with E-state index in [1.807, 2.05) is 0 Å².